The molecule has 2 heterocycles. The first-order valence-corrected chi connectivity index (χ1v) is 11.8. The average Bonchev–Trinajstić information content (AvgIpc) is 3.07. The fraction of sp³-hybridized carbons (Fsp3) is 0.300. The number of piperazine rings is 1. The van der Waals surface area contributed by atoms with Gasteiger partial charge in [-0.3, -0.25) is 14.2 Å². The molecule has 1 fully saturated rings. The zero-order valence-electron chi connectivity index (χ0n) is 16.2. The van der Waals surface area contributed by atoms with Gasteiger partial charge in [0.05, 0.1) is 15.1 Å². The van der Waals surface area contributed by atoms with Crippen LogP contribution >= 0.6 is 11.3 Å². The summed E-state index contributed by atoms with van der Waals surface area (Å²) in [6, 6.07) is 10.2. The molecule has 0 atom stereocenters. The van der Waals surface area contributed by atoms with E-state index in [1.807, 2.05) is 6.92 Å². The van der Waals surface area contributed by atoms with Crippen LogP contribution in [0.5, 0.6) is 0 Å². The molecule has 4 rings (SSSR count). The second kappa shape index (κ2) is 7.93. The lowest BCUT2D eigenvalue weighted by atomic mass is 10.2. The van der Waals surface area contributed by atoms with Gasteiger partial charge in [-0.1, -0.05) is 17.4 Å². The molecule has 0 radical (unpaired) electrons. The Morgan fingerprint density at radius 1 is 1.10 bits per heavy atom. The number of hydrogen-bond acceptors (Lipinski definition) is 5. The Labute approximate surface area is 177 Å². The van der Waals surface area contributed by atoms with Crippen LogP contribution in [-0.2, 0) is 16.6 Å². The Balaban J connectivity index is 1.52. The summed E-state index contributed by atoms with van der Waals surface area (Å²) in [5.74, 6) is -0.810. The number of sulfonamides is 1. The van der Waals surface area contributed by atoms with Gasteiger partial charge in [0, 0.05) is 38.3 Å². The van der Waals surface area contributed by atoms with Crippen molar-refractivity contribution >= 4 is 37.5 Å². The van der Waals surface area contributed by atoms with Gasteiger partial charge >= 0.3 is 4.87 Å². The molecule has 1 aromatic heterocycles. The molecule has 0 spiro atoms. The van der Waals surface area contributed by atoms with Crippen molar-refractivity contribution < 1.29 is 17.6 Å². The Morgan fingerprint density at radius 3 is 2.50 bits per heavy atom. The van der Waals surface area contributed by atoms with Crippen LogP contribution in [0.15, 0.2) is 52.2 Å². The summed E-state index contributed by atoms with van der Waals surface area (Å²) in [6.45, 7) is 3.11. The second-order valence-electron chi connectivity index (χ2n) is 6.95. The molecule has 10 heteroatoms. The van der Waals surface area contributed by atoms with E-state index in [0.29, 0.717) is 11.2 Å². The summed E-state index contributed by atoms with van der Waals surface area (Å²) in [5, 5.41) is 0. The van der Waals surface area contributed by atoms with Crippen molar-refractivity contribution in [3.63, 3.8) is 0 Å². The molecule has 1 saturated heterocycles. The SMILES string of the molecule is CCn1c(=O)sc2cc(S(=O)(=O)N3CCN(C(=O)c4cccc(F)c4)CC3)ccc21. The van der Waals surface area contributed by atoms with Crippen LogP contribution in [0.3, 0.4) is 0 Å². The van der Waals surface area contributed by atoms with E-state index in [1.165, 1.54) is 45.6 Å². The third-order valence-corrected chi connectivity index (χ3v) is 8.03. The maximum atomic E-state index is 13.4. The normalized spacial score (nSPS) is 15.6. The molecule has 0 N–H and O–H groups in total. The number of aryl methyl sites for hydroxylation is 1. The minimum atomic E-state index is -3.75. The number of halogens is 1. The van der Waals surface area contributed by atoms with Crippen LogP contribution in [-0.4, -0.2) is 54.3 Å². The lowest BCUT2D eigenvalue weighted by Crippen LogP contribution is -2.50. The molecule has 0 aliphatic carbocycles. The van der Waals surface area contributed by atoms with Gasteiger partial charge in [0.1, 0.15) is 5.82 Å². The number of carbonyl (C=O) groups excluding carboxylic acids is 1. The molecule has 3 aromatic rings. The van der Waals surface area contributed by atoms with E-state index >= 15 is 0 Å². The lowest BCUT2D eigenvalue weighted by Gasteiger charge is -2.34. The highest BCUT2D eigenvalue weighted by molar-refractivity contribution is 7.89. The Kier molecular flexibility index (Phi) is 5.48. The quantitative estimate of drug-likeness (QED) is 0.613. The summed E-state index contributed by atoms with van der Waals surface area (Å²) in [7, 11) is -3.75. The number of hydrogen-bond donors (Lipinski definition) is 0. The van der Waals surface area contributed by atoms with Crippen molar-refractivity contribution in [3.05, 3.63) is 63.5 Å². The minimum absolute atomic E-state index is 0.119. The molecule has 1 aliphatic heterocycles. The van der Waals surface area contributed by atoms with Gasteiger partial charge in [-0.05, 0) is 43.3 Å². The van der Waals surface area contributed by atoms with Gasteiger partial charge in [-0.15, -0.1) is 0 Å². The molecule has 0 unspecified atom stereocenters. The van der Waals surface area contributed by atoms with E-state index in [0.717, 1.165) is 16.9 Å². The summed E-state index contributed by atoms with van der Waals surface area (Å²) in [5.41, 5.74) is 0.962. The Hall–Kier alpha value is -2.56. The first-order chi connectivity index (χ1) is 14.3. The number of carbonyl (C=O) groups is 1. The van der Waals surface area contributed by atoms with Gasteiger partial charge < -0.3 is 4.90 Å². The first-order valence-electron chi connectivity index (χ1n) is 9.49. The smallest absolute Gasteiger partial charge is 0.308 e. The number of nitrogens with zero attached hydrogens (tertiary/aromatic N) is 3. The maximum absolute atomic E-state index is 13.4. The van der Waals surface area contributed by atoms with Crippen LogP contribution in [0, 0.1) is 5.82 Å². The number of aromatic nitrogens is 1. The van der Waals surface area contributed by atoms with E-state index in [2.05, 4.69) is 0 Å². The fourth-order valence-electron chi connectivity index (χ4n) is 3.59. The van der Waals surface area contributed by atoms with Crippen molar-refractivity contribution in [2.45, 2.75) is 18.4 Å². The Bertz CT molecular complexity index is 1270. The highest BCUT2D eigenvalue weighted by Gasteiger charge is 2.31. The van der Waals surface area contributed by atoms with Gasteiger partial charge in [-0.2, -0.15) is 4.31 Å². The van der Waals surface area contributed by atoms with Crippen LogP contribution in [0.1, 0.15) is 17.3 Å². The van der Waals surface area contributed by atoms with Crippen LogP contribution in [0.4, 0.5) is 4.39 Å². The Morgan fingerprint density at radius 2 is 1.83 bits per heavy atom. The third kappa shape index (κ3) is 3.66. The second-order valence-corrected chi connectivity index (χ2v) is 9.88. The number of amides is 1. The topological polar surface area (TPSA) is 79.7 Å². The monoisotopic (exact) mass is 449 g/mol. The van der Waals surface area contributed by atoms with E-state index in [-0.39, 0.29) is 47.4 Å². The zero-order chi connectivity index (χ0) is 21.5. The zero-order valence-corrected chi connectivity index (χ0v) is 17.9. The molecule has 158 valence electrons. The molecule has 30 heavy (non-hydrogen) atoms. The predicted molar refractivity (Wildman–Crippen MR) is 113 cm³/mol. The van der Waals surface area contributed by atoms with Crippen LogP contribution in [0.25, 0.3) is 10.2 Å². The standard InChI is InChI=1S/C20H20FN3O4S2/c1-2-24-17-7-6-16(13-18(17)29-20(24)26)30(27,28)23-10-8-22(9-11-23)19(25)14-4-3-5-15(21)12-14/h3-7,12-13H,2,8-11H2,1H3. The summed E-state index contributed by atoms with van der Waals surface area (Å²) < 4.78 is 43.1. The van der Waals surface area contributed by atoms with E-state index in [1.54, 1.807) is 10.6 Å². The van der Waals surface area contributed by atoms with Crippen molar-refractivity contribution in [3.8, 4) is 0 Å². The number of fused-ring (bicyclic) bond motifs is 1. The third-order valence-electron chi connectivity index (χ3n) is 5.19. The number of rotatable bonds is 4. The molecule has 1 amide bonds. The van der Waals surface area contributed by atoms with Crippen LogP contribution in [0.2, 0.25) is 0 Å². The van der Waals surface area contributed by atoms with Crippen molar-refractivity contribution in [2.24, 2.45) is 0 Å². The largest absolute Gasteiger partial charge is 0.336 e. The summed E-state index contributed by atoms with van der Waals surface area (Å²) in [4.78, 5) is 26.1. The number of benzene rings is 2. The molecule has 1 aliphatic rings. The van der Waals surface area contributed by atoms with Crippen molar-refractivity contribution in [2.75, 3.05) is 26.2 Å². The van der Waals surface area contributed by atoms with Gasteiger partial charge in [-0.25, -0.2) is 12.8 Å². The molecule has 7 nitrogen and oxygen atoms in total. The molecular weight excluding hydrogens is 429 g/mol. The lowest BCUT2D eigenvalue weighted by molar-refractivity contribution is 0.0697. The molecule has 0 bridgehead atoms. The van der Waals surface area contributed by atoms with E-state index in [9.17, 15) is 22.4 Å². The molecular formula is C20H20FN3O4S2. The minimum Gasteiger partial charge on any atom is -0.336 e. The molecule has 0 saturated carbocycles. The highest BCUT2D eigenvalue weighted by Crippen LogP contribution is 2.25. The van der Waals surface area contributed by atoms with E-state index in [4.69, 9.17) is 0 Å². The first kappa shape index (κ1) is 20.7. The van der Waals surface area contributed by atoms with Crippen molar-refractivity contribution in [1.82, 2.24) is 13.8 Å². The van der Waals surface area contributed by atoms with Gasteiger partial charge in [0.15, 0.2) is 0 Å². The number of thiazole rings is 1. The summed E-state index contributed by atoms with van der Waals surface area (Å²) >= 11 is 1.02. The van der Waals surface area contributed by atoms with Gasteiger partial charge in [0.2, 0.25) is 10.0 Å². The van der Waals surface area contributed by atoms with E-state index < -0.39 is 15.8 Å². The predicted octanol–water partition coefficient (Wildman–Crippen LogP) is 2.37. The highest BCUT2D eigenvalue weighted by atomic mass is 32.2. The fourth-order valence-corrected chi connectivity index (χ4v) is 6.11. The van der Waals surface area contributed by atoms with Crippen molar-refractivity contribution in [1.29, 1.82) is 0 Å². The average molecular weight is 450 g/mol. The van der Waals surface area contributed by atoms with Crippen LogP contribution < -0.4 is 4.87 Å². The maximum Gasteiger partial charge on any atom is 0.308 e. The summed E-state index contributed by atoms with van der Waals surface area (Å²) in [6.07, 6.45) is 0. The van der Waals surface area contributed by atoms with Gasteiger partial charge in [0.25, 0.3) is 5.91 Å². The molecule has 2 aromatic carbocycles.